The molecule has 6 heteroatoms. The first kappa shape index (κ1) is 16.3. The summed E-state index contributed by atoms with van der Waals surface area (Å²) < 4.78 is 33.9. The zero-order valence-corrected chi connectivity index (χ0v) is 11.3. The summed E-state index contributed by atoms with van der Waals surface area (Å²) >= 11 is 0. The summed E-state index contributed by atoms with van der Waals surface area (Å²) in [7, 11) is -4.48. The zero-order valence-electron chi connectivity index (χ0n) is 8.45. The van der Waals surface area contributed by atoms with E-state index in [9.17, 15) is 13.0 Å². The summed E-state index contributed by atoms with van der Waals surface area (Å²) in [6.45, 7) is 4.15. The maximum atomic E-state index is 9.97. The Kier molecular flexibility index (Phi) is 10.3. The van der Waals surface area contributed by atoms with Gasteiger partial charge in [0.15, 0.2) is 0 Å². The van der Waals surface area contributed by atoms with Gasteiger partial charge in [-0.1, -0.05) is 20.3 Å². The third kappa shape index (κ3) is 12.9. The summed E-state index contributed by atoms with van der Waals surface area (Å²) in [6.07, 6.45) is 2.58. The molecule has 13 heavy (non-hydrogen) atoms. The Morgan fingerprint density at radius 2 is 2.00 bits per heavy atom. The molecule has 0 rings (SSSR count). The summed E-state index contributed by atoms with van der Waals surface area (Å²) in [5, 5.41) is 0. The minimum Gasteiger partial charge on any atom is -0.726 e. The molecule has 0 fully saturated rings. The molecule has 0 aromatic heterocycles. The maximum Gasteiger partial charge on any atom is 1.00 e. The fourth-order valence-electron chi connectivity index (χ4n) is 0.797. The largest absolute Gasteiger partial charge is 1.00 e. The molecular formula is C7H15NaO4S. The Balaban J connectivity index is 0. The molecule has 0 bridgehead atoms. The van der Waals surface area contributed by atoms with Crippen LogP contribution in [-0.4, -0.2) is 19.6 Å². The second kappa shape index (κ2) is 8.20. The van der Waals surface area contributed by atoms with E-state index in [1.807, 2.05) is 0 Å². The van der Waals surface area contributed by atoms with Crippen molar-refractivity contribution in [2.45, 2.75) is 33.1 Å². The average molecular weight is 218 g/mol. The third-order valence-electron chi connectivity index (χ3n) is 1.77. The Morgan fingerprint density at radius 1 is 1.46 bits per heavy atom. The fourth-order valence-corrected chi connectivity index (χ4v) is 1.12. The Labute approximate surface area is 102 Å². The predicted octanol–water partition coefficient (Wildman–Crippen LogP) is -1.71. The van der Waals surface area contributed by atoms with E-state index in [-0.39, 0.29) is 36.2 Å². The molecule has 74 valence electrons. The van der Waals surface area contributed by atoms with Crippen molar-refractivity contribution in [3.8, 4) is 0 Å². The van der Waals surface area contributed by atoms with Crippen LogP contribution in [0.1, 0.15) is 33.1 Å². The molecule has 0 saturated heterocycles. The van der Waals surface area contributed by atoms with Crippen molar-refractivity contribution >= 4 is 10.4 Å². The smallest absolute Gasteiger partial charge is 0.726 e. The van der Waals surface area contributed by atoms with Crippen LogP contribution in [0, 0.1) is 5.92 Å². The van der Waals surface area contributed by atoms with Gasteiger partial charge in [-0.3, -0.25) is 4.18 Å². The molecule has 0 radical (unpaired) electrons. The van der Waals surface area contributed by atoms with Crippen molar-refractivity contribution in [2.75, 3.05) is 6.61 Å². The normalized spacial score (nSPS) is 13.5. The van der Waals surface area contributed by atoms with E-state index in [1.54, 1.807) is 0 Å². The van der Waals surface area contributed by atoms with Gasteiger partial charge in [-0.05, 0) is 18.8 Å². The van der Waals surface area contributed by atoms with Crippen LogP contribution in [0.4, 0.5) is 0 Å². The van der Waals surface area contributed by atoms with Gasteiger partial charge >= 0.3 is 29.6 Å². The van der Waals surface area contributed by atoms with Crippen LogP contribution in [-0.2, 0) is 14.6 Å². The van der Waals surface area contributed by atoms with Crippen LogP contribution in [0.3, 0.4) is 0 Å². The van der Waals surface area contributed by atoms with Crippen molar-refractivity contribution in [1.82, 2.24) is 0 Å². The van der Waals surface area contributed by atoms with Gasteiger partial charge in [0.25, 0.3) is 0 Å². The van der Waals surface area contributed by atoms with Crippen LogP contribution in [0.25, 0.3) is 0 Å². The monoisotopic (exact) mass is 218 g/mol. The number of rotatable bonds is 6. The van der Waals surface area contributed by atoms with E-state index in [0.717, 1.165) is 12.8 Å². The predicted molar refractivity (Wildman–Crippen MR) is 44.3 cm³/mol. The van der Waals surface area contributed by atoms with Gasteiger partial charge in [0.05, 0.1) is 6.61 Å². The van der Waals surface area contributed by atoms with E-state index in [2.05, 4.69) is 18.0 Å². The topological polar surface area (TPSA) is 66.4 Å². The van der Waals surface area contributed by atoms with Crippen LogP contribution in [0.2, 0.25) is 0 Å². The standard InChI is InChI=1S/C7H16O4S.Na/c1-3-7(2)5-4-6-11-12(8,9)10;/h7H,3-6H2,1-2H3,(H,8,9,10);/q;+1/p-1. The van der Waals surface area contributed by atoms with Gasteiger partial charge in [-0.15, -0.1) is 0 Å². The van der Waals surface area contributed by atoms with Crippen molar-refractivity contribution in [3.63, 3.8) is 0 Å². The SMILES string of the molecule is CCC(C)CCCOS(=O)(=O)[O-].[Na+]. The molecule has 4 nitrogen and oxygen atoms in total. The Bertz CT molecular complexity index is 203. The zero-order chi connectivity index (χ0) is 9.61. The van der Waals surface area contributed by atoms with Crippen LogP contribution in [0.5, 0.6) is 0 Å². The van der Waals surface area contributed by atoms with Gasteiger partial charge in [0, 0.05) is 0 Å². The van der Waals surface area contributed by atoms with Gasteiger partial charge < -0.3 is 4.55 Å². The van der Waals surface area contributed by atoms with Gasteiger partial charge in [-0.25, -0.2) is 8.42 Å². The van der Waals surface area contributed by atoms with Crippen molar-refractivity contribution in [2.24, 2.45) is 5.92 Å². The van der Waals surface area contributed by atoms with Crippen molar-refractivity contribution < 1.29 is 46.7 Å². The molecule has 0 aromatic carbocycles. The molecular weight excluding hydrogens is 203 g/mol. The molecule has 0 aliphatic rings. The van der Waals surface area contributed by atoms with E-state index < -0.39 is 10.4 Å². The molecule has 1 atom stereocenters. The van der Waals surface area contributed by atoms with E-state index in [0.29, 0.717) is 12.3 Å². The van der Waals surface area contributed by atoms with E-state index >= 15 is 0 Å². The first-order valence-electron chi connectivity index (χ1n) is 4.06. The molecule has 0 saturated carbocycles. The minimum absolute atomic E-state index is 0. The second-order valence-electron chi connectivity index (χ2n) is 2.89. The summed E-state index contributed by atoms with van der Waals surface area (Å²) in [6, 6.07) is 0. The molecule has 0 N–H and O–H groups in total. The molecule has 0 aliphatic heterocycles. The molecule has 1 unspecified atom stereocenters. The first-order valence-corrected chi connectivity index (χ1v) is 5.39. The fraction of sp³-hybridized carbons (Fsp3) is 1.00. The molecule has 0 heterocycles. The van der Waals surface area contributed by atoms with Gasteiger partial charge in [0.2, 0.25) is 10.4 Å². The minimum atomic E-state index is -4.48. The Hall–Kier alpha value is 0.870. The summed E-state index contributed by atoms with van der Waals surface area (Å²) in [5.41, 5.74) is 0. The van der Waals surface area contributed by atoms with Gasteiger partial charge in [0.1, 0.15) is 0 Å². The van der Waals surface area contributed by atoms with E-state index in [1.165, 1.54) is 0 Å². The quantitative estimate of drug-likeness (QED) is 0.230. The summed E-state index contributed by atoms with van der Waals surface area (Å²) in [5.74, 6) is 0.558. The molecule has 0 aromatic rings. The van der Waals surface area contributed by atoms with Crippen LogP contribution < -0.4 is 29.6 Å². The van der Waals surface area contributed by atoms with Crippen LogP contribution in [0.15, 0.2) is 0 Å². The Morgan fingerprint density at radius 3 is 2.38 bits per heavy atom. The number of hydrogen-bond donors (Lipinski definition) is 0. The third-order valence-corrected chi connectivity index (χ3v) is 2.22. The molecule has 0 amide bonds. The number of hydrogen-bond acceptors (Lipinski definition) is 4. The average Bonchev–Trinajstić information content (AvgIpc) is 1.96. The summed E-state index contributed by atoms with van der Waals surface area (Å²) in [4.78, 5) is 0. The molecule has 0 spiro atoms. The van der Waals surface area contributed by atoms with E-state index in [4.69, 9.17) is 0 Å². The van der Waals surface area contributed by atoms with Crippen molar-refractivity contribution in [1.29, 1.82) is 0 Å². The van der Waals surface area contributed by atoms with Crippen LogP contribution >= 0.6 is 0 Å². The second-order valence-corrected chi connectivity index (χ2v) is 3.94. The molecule has 0 aliphatic carbocycles. The van der Waals surface area contributed by atoms with Crippen molar-refractivity contribution in [3.05, 3.63) is 0 Å². The maximum absolute atomic E-state index is 9.97. The van der Waals surface area contributed by atoms with Gasteiger partial charge in [-0.2, -0.15) is 0 Å². The first-order chi connectivity index (χ1) is 5.45.